The molecule has 138 valence electrons. The van der Waals surface area contributed by atoms with E-state index in [0.29, 0.717) is 12.1 Å². The van der Waals surface area contributed by atoms with Gasteiger partial charge >= 0.3 is 0 Å². The van der Waals surface area contributed by atoms with Gasteiger partial charge in [0.05, 0.1) is 5.56 Å². The topological polar surface area (TPSA) is 108 Å². The Labute approximate surface area is 157 Å². The lowest BCUT2D eigenvalue weighted by atomic mass is 9.67. The van der Waals surface area contributed by atoms with Crippen LogP contribution in [0.4, 0.5) is 5.69 Å². The van der Waals surface area contributed by atoms with Gasteiger partial charge < -0.3 is 15.4 Å². The van der Waals surface area contributed by atoms with Crippen LogP contribution in [0.2, 0.25) is 0 Å². The minimum atomic E-state index is -1.35. The van der Waals surface area contributed by atoms with Crippen LogP contribution in [-0.4, -0.2) is 22.6 Å². The SMILES string of the molecule is CCN1C(=O)C2(C(C#N)=C(N)Oc3n[nH]c(C(C)(C)C)c32)c2ccccc21. The standard InChI is InChI=1S/C20H21N5O2/c1-5-25-13-9-7-6-8-11(13)20(18(25)26)12(10-21)16(22)27-17-14(20)15(23-24-17)19(2,3)4/h6-9H,5,22H2,1-4H3,(H,23,24). The summed E-state index contributed by atoms with van der Waals surface area (Å²) < 4.78 is 5.65. The lowest BCUT2D eigenvalue weighted by molar-refractivity contribution is -0.120. The number of carbonyl (C=O) groups excluding carboxylic acids is 1. The van der Waals surface area contributed by atoms with E-state index in [1.807, 2.05) is 52.0 Å². The van der Waals surface area contributed by atoms with Crippen molar-refractivity contribution in [1.82, 2.24) is 10.2 Å². The summed E-state index contributed by atoms with van der Waals surface area (Å²) in [5, 5.41) is 17.3. The number of nitrogens with two attached hydrogens (primary N) is 1. The van der Waals surface area contributed by atoms with Crippen molar-refractivity contribution in [3.63, 3.8) is 0 Å². The molecule has 3 heterocycles. The van der Waals surface area contributed by atoms with Crippen molar-refractivity contribution >= 4 is 11.6 Å². The number of hydrogen-bond donors (Lipinski definition) is 2. The zero-order chi connectivity index (χ0) is 19.6. The molecule has 0 bridgehead atoms. The van der Waals surface area contributed by atoms with Gasteiger partial charge in [0.15, 0.2) is 0 Å². The first-order valence-electron chi connectivity index (χ1n) is 8.87. The molecule has 0 radical (unpaired) electrons. The number of para-hydroxylation sites is 1. The molecule has 0 saturated carbocycles. The fourth-order valence-electron chi connectivity index (χ4n) is 4.14. The molecule has 4 rings (SSSR count). The zero-order valence-corrected chi connectivity index (χ0v) is 15.8. The predicted octanol–water partition coefficient (Wildman–Crippen LogP) is 2.45. The number of hydrogen-bond acceptors (Lipinski definition) is 5. The third kappa shape index (κ3) is 1.95. The normalized spacial score (nSPS) is 21.1. The molecular formula is C20H21N5O2. The largest absolute Gasteiger partial charge is 0.420 e. The number of nitrogens with zero attached hydrogens (tertiary/aromatic N) is 3. The van der Waals surface area contributed by atoms with Crippen molar-refractivity contribution in [2.75, 3.05) is 11.4 Å². The van der Waals surface area contributed by atoms with E-state index < -0.39 is 5.41 Å². The molecule has 3 N–H and O–H groups in total. The molecule has 0 aliphatic carbocycles. The lowest BCUT2D eigenvalue weighted by Crippen LogP contribution is -2.46. The Morgan fingerprint density at radius 1 is 1.37 bits per heavy atom. The number of anilines is 1. The van der Waals surface area contributed by atoms with Gasteiger partial charge in [0.1, 0.15) is 17.1 Å². The summed E-state index contributed by atoms with van der Waals surface area (Å²) in [6, 6.07) is 9.67. The minimum Gasteiger partial charge on any atom is -0.420 e. The monoisotopic (exact) mass is 363 g/mol. The third-order valence-corrected chi connectivity index (χ3v) is 5.28. The minimum absolute atomic E-state index is 0.0851. The van der Waals surface area contributed by atoms with Crippen LogP contribution in [0.25, 0.3) is 0 Å². The van der Waals surface area contributed by atoms with E-state index in [0.717, 1.165) is 16.9 Å². The molecule has 1 aromatic heterocycles. The lowest BCUT2D eigenvalue weighted by Gasteiger charge is -2.34. The number of benzene rings is 1. The van der Waals surface area contributed by atoms with E-state index in [-0.39, 0.29) is 28.7 Å². The summed E-state index contributed by atoms with van der Waals surface area (Å²) in [5.41, 5.74) is 7.33. The van der Waals surface area contributed by atoms with E-state index in [1.54, 1.807) is 4.90 Å². The van der Waals surface area contributed by atoms with Gasteiger partial charge in [-0.1, -0.05) is 39.0 Å². The van der Waals surface area contributed by atoms with E-state index in [9.17, 15) is 10.1 Å². The summed E-state index contributed by atoms with van der Waals surface area (Å²) in [7, 11) is 0. The van der Waals surface area contributed by atoms with Gasteiger partial charge in [-0.25, -0.2) is 0 Å². The number of aromatic amines is 1. The van der Waals surface area contributed by atoms with E-state index in [1.165, 1.54) is 0 Å². The van der Waals surface area contributed by atoms with Crippen molar-refractivity contribution in [3.8, 4) is 11.9 Å². The molecule has 0 saturated heterocycles. The molecule has 7 nitrogen and oxygen atoms in total. The average Bonchev–Trinajstić information content (AvgIpc) is 3.14. The third-order valence-electron chi connectivity index (χ3n) is 5.28. The molecule has 1 amide bonds. The quantitative estimate of drug-likeness (QED) is 0.809. The maximum atomic E-state index is 13.8. The first kappa shape index (κ1) is 17.2. The molecule has 1 spiro atoms. The van der Waals surface area contributed by atoms with Crippen molar-refractivity contribution in [3.05, 3.63) is 52.5 Å². The van der Waals surface area contributed by atoms with Gasteiger partial charge in [-0.15, -0.1) is 5.10 Å². The van der Waals surface area contributed by atoms with Crippen molar-refractivity contribution in [2.24, 2.45) is 5.73 Å². The fraction of sp³-hybridized carbons (Fsp3) is 0.350. The van der Waals surface area contributed by atoms with Gasteiger partial charge in [0.2, 0.25) is 17.7 Å². The zero-order valence-electron chi connectivity index (χ0n) is 15.8. The van der Waals surface area contributed by atoms with Crippen LogP contribution in [0.15, 0.2) is 35.7 Å². The van der Waals surface area contributed by atoms with E-state index in [2.05, 4.69) is 16.3 Å². The highest BCUT2D eigenvalue weighted by atomic mass is 16.5. The number of ether oxygens (including phenoxy) is 1. The summed E-state index contributed by atoms with van der Waals surface area (Å²) in [6.07, 6.45) is 0. The number of nitrogens with one attached hydrogen (secondary N) is 1. The van der Waals surface area contributed by atoms with Crippen molar-refractivity contribution in [2.45, 2.75) is 38.5 Å². The molecule has 2 aromatic rings. The molecule has 2 aliphatic heterocycles. The van der Waals surface area contributed by atoms with Crippen LogP contribution >= 0.6 is 0 Å². The second-order valence-corrected chi connectivity index (χ2v) is 7.80. The van der Waals surface area contributed by atoms with E-state index in [4.69, 9.17) is 10.5 Å². The number of carbonyl (C=O) groups is 1. The maximum absolute atomic E-state index is 13.8. The van der Waals surface area contributed by atoms with Gasteiger partial charge in [-0.05, 0) is 13.0 Å². The number of nitriles is 1. The Bertz CT molecular complexity index is 1040. The molecule has 2 aliphatic rings. The summed E-state index contributed by atoms with van der Waals surface area (Å²) in [5.74, 6) is -0.0438. The Hall–Kier alpha value is -3.27. The smallest absolute Gasteiger partial charge is 0.247 e. The second-order valence-electron chi connectivity index (χ2n) is 7.80. The Balaban J connectivity index is 2.19. The summed E-state index contributed by atoms with van der Waals surface area (Å²) in [4.78, 5) is 15.5. The van der Waals surface area contributed by atoms with Crippen LogP contribution < -0.4 is 15.4 Å². The molecule has 1 aromatic carbocycles. The van der Waals surface area contributed by atoms with Gasteiger partial charge in [-0.2, -0.15) is 5.26 Å². The Morgan fingerprint density at radius 3 is 2.70 bits per heavy atom. The highest BCUT2D eigenvalue weighted by Crippen LogP contribution is 2.56. The molecule has 1 unspecified atom stereocenters. The molecule has 7 heteroatoms. The van der Waals surface area contributed by atoms with Crippen LogP contribution in [0.1, 0.15) is 44.5 Å². The number of likely N-dealkylation sites (N-methyl/N-ethyl adjacent to an activating group) is 1. The number of rotatable bonds is 1. The van der Waals surface area contributed by atoms with Gasteiger partial charge in [-0.3, -0.25) is 9.89 Å². The van der Waals surface area contributed by atoms with Crippen LogP contribution in [0, 0.1) is 11.3 Å². The molecular weight excluding hydrogens is 342 g/mol. The molecule has 27 heavy (non-hydrogen) atoms. The summed E-state index contributed by atoms with van der Waals surface area (Å²) in [6.45, 7) is 8.45. The first-order chi connectivity index (χ1) is 12.8. The maximum Gasteiger partial charge on any atom is 0.247 e. The highest BCUT2D eigenvalue weighted by molar-refractivity contribution is 6.14. The van der Waals surface area contributed by atoms with Crippen LogP contribution in [0.3, 0.4) is 0 Å². The van der Waals surface area contributed by atoms with Crippen molar-refractivity contribution < 1.29 is 9.53 Å². The van der Waals surface area contributed by atoms with Crippen molar-refractivity contribution in [1.29, 1.82) is 5.26 Å². The Kier molecular flexibility index (Phi) is 3.41. The number of amides is 1. The van der Waals surface area contributed by atoms with Gasteiger partial charge in [0.25, 0.3) is 0 Å². The second kappa shape index (κ2) is 5.36. The van der Waals surface area contributed by atoms with Crippen LogP contribution in [0.5, 0.6) is 5.88 Å². The highest BCUT2D eigenvalue weighted by Gasteiger charge is 2.61. The molecule has 0 fully saturated rings. The number of aromatic nitrogens is 2. The number of fused-ring (bicyclic) bond motifs is 4. The van der Waals surface area contributed by atoms with Gasteiger partial charge in [0, 0.05) is 28.9 Å². The summed E-state index contributed by atoms with van der Waals surface area (Å²) >= 11 is 0. The van der Waals surface area contributed by atoms with E-state index >= 15 is 0 Å². The Morgan fingerprint density at radius 2 is 2.07 bits per heavy atom. The van der Waals surface area contributed by atoms with Crippen LogP contribution in [-0.2, 0) is 15.6 Å². The molecule has 1 atom stereocenters. The fourth-order valence-corrected chi connectivity index (χ4v) is 4.14. The average molecular weight is 363 g/mol. The number of H-pyrrole nitrogens is 1. The first-order valence-corrected chi connectivity index (χ1v) is 8.87. The predicted molar refractivity (Wildman–Crippen MR) is 100.0 cm³/mol.